The lowest BCUT2D eigenvalue weighted by molar-refractivity contribution is -0.389. The van der Waals surface area contributed by atoms with Crippen LogP contribution in [0.4, 0.5) is 0 Å². The Hall–Kier alpha value is -1.67. The number of carbonyl (C=O) groups is 1. The molecule has 4 aliphatic heterocycles. The van der Waals surface area contributed by atoms with E-state index in [1.807, 2.05) is 6.08 Å². The number of allylic oxidation sites excluding steroid dienone is 1. The molecule has 4 fully saturated rings. The van der Waals surface area contributed by atoms with Gasteiger partial charge in [0.1, 0.15) is 97.7 Å². The largest absolute Gasteiger partial charge is 0.394 e. The van der Waals surface area contributed by atoms with Crippen LogP contribution in [0.15, 0.2) is 12.2 Å². The van der Waals surface area contributed by atoms with Gasteiger partial charge in [-0.05, 0) is 19.3 Å². The molecule has 0 aromatic rings. The number of nitrogens with one attached hydrogen (secondary N) is 1. The van der Waals surface area contributed by atoms with Crippen molar-refractivity contribution in [3.8, 4) is 0 Å². The third-order valence-corrected chi connectivity index (χ3v) is 17.7. The van der Waals surface area contributed by atoms with E-state index in [-0.39, 0.29) is 18.9 Å². The van der Waals surface area contributed by atoms with Crippen molar-refractivity contribution in [3.05, 3.63) is 12.2 Å². The summed E-state index contributed by atoms with van der Waals surface area (Å²) < 4.78 is 45.8. The van der Waals surface area contributed by atoms with E-state index in [4.69, 9.17) is 37.9 Å². The van der Waals surface area contributed by atoms with E-state index in [1.54, 1.807) is 6.08 Å². The van der Waals surface area contributed by atoms with Crippen LogP contribution in [0, 0.1) is 0 Å². The summed E-state index contributed by atoms with van der Waals surface area (Å²) >= 11 is 0. The number of rotatable bonds is 48. The number of aliphatic hydroxyl groups is 14. The molecule has 88 heavy (non-hydrogen) atoms. The molecule has 4 aliphatic rings. The highest BCUT2D eigenvalue weighted by atomic mass is 16.8. The van der Waals surface area contributed by atoms with Crippen LogP contribution in [0.2, 0.25) is 0 Å². The zero-order valence-corrected chi connectivity index (χ0v) is 53.0. The number of amides is 1. The topological polar surface area (TPSA) is 386 Å². The molecule has 0 saturated carbocycles. The Morgan fingerprint density at radius 1 is 0.398 bits per heavy atom. The lowest BCUT2D eigenvalue weighted by Gasteiger charge is -2.49. The van der Waals surface area contributed by atoms with Crippen molar-refractivity contribution in [2.75, 3.05) is 33.0 Å². The Bertz CT molecular complexity index is 1770. The number of aliphatic hydroxyl groups excluding tert-OH is 14. The molecule has 0 spiro atoms. The number of ether oxygens (including phenoxy) is 8. The quantitative estimate of drug-likeness (QED) is 0.0307. The molecule has 4 saturated heterocycles. The van der Waals surface area contributed by atoms with Crippen molar-refractivity contribution in [2.24, 2.45) is 0 Å². The van der Waals surface area contributed by atoms with Gasteiger partial charge in [0.25, 0.3) is 0 Å². The summed E-state index contributed by atoms with van der Waals surface area (Å²) in [7, 11) is 0. The van der Waals surface area contributed by atoms with Gasteiger partial charge in [-0.15, -0.1) is 0 Å². The Morgan fingerprint density at radius 2 is 0.739 bits per heavy atom. The summed E-state index contributed by atoms with van der Waals surface area (Å²) in [4.78, 5) is 13.4. The van der Waals surface area contributed by atoms with Crippen LogP contribution < -0.4 is 5.32 Å². The minimum absolute atomic E-state index is 0.222. The van der Waals surface area contributed by atoms with Crippen LogP contribution in [0.5, 0.6) is 0 Å². The first-order valence-electron chi connectivity index (χ1n) is 34.0. The molecular weight excluding hydrogens is 1150 g/mol. The van der Waals surface area contributed by atoms with Crippen LogP contribution in [0.1, 0.15) is 219 Å². The van der Waals surface area contributed by atoms with E-state index < -0.39 is 161 Å². The molecule has 24 heteroatoms. The molecule has 8 unspecified atom stereocenters. The number of hydrogen-bond acceptors (Lipinski definition) is 23. The molecule has 15 N–H and O–H groups in total. The molecule has 0 radical (unpaired) electrons. The van der Waals surface area contributed by atoms with Crippen molar-refractivity contribution >= 4 is 5.91 Å². The van der Waals surface area contributed by atoms with Gasteiger partial charge in [-0.1, -0.05) is 206 Å². The maximum absolute atomic E-state index is 13.4. The molecule has 22 atom stereocenters. The summed E-state index contributed by atoms with van der Waals surface area (Å²) in [5.74, 6) is -0.298. The second-order valence-electron chi connectivity index (χ2n) is 25.0. The maximum atomic E-state index is 13.4. The van der Waals surface area contributed by atoms with Crippen LogP contribution in [-0.4, -0.2) is 245 Å². The van der Waals surface area contributed by atoms with Gasteiger partial charge in [0, 0.05) is 6.42 Å². The zero-order chi connectivity index (χ0) is 64.2. The lowest BCUT2D eigenvalue weighted by atomic mass is 9.95. The van der Waals surface area contributed by atoms with Crippen LogP contribution in [0.25, 0.3) is 0 Å². The fourth-order valence-electron chi connectivity index (χ4n) is 12.0. The van der Waals surface area contributed by atoms with Gasteiger partial charge in [0.05, 0.1) is 45.2 Å². The highest BCUT2D eigenvalue weighted by Gasteiger charge is 2.55. The molecule has 0 aliphatic carbocycles. The van der Waals surface area contributed by atoms with Gasteiger partial charge < -0.3 is 115 Å². The highest BCUT2D eigenvalue weighted by Crippen LogP contribution is 2.35. The van der Waals surface area contributed by atoms with Crippen LogP contribution in [0.3, 0.4) is 0 Å². The smallest absolute Gasteiger partial charge is 0.220 e. The molecular formula is C64H119NO23. The molecule has 0 bridgehead atoms. The first kappa shape index (κ1) is 78.8. The highest BCUT2D eigenvalue weighted by molar-refractivity contribution is 5.76. The normalized spacial score (nSPS) is 33.7. The van der Waals surface area contributed by atoms with Gasteiger partial charge in [-0.25, -0.2) is 0 Å². The summed E-state index contributed by atoms with van der Waals surface area (Å²) in [6, 6.07) is -1.01. The monoisotopic (exact) mass is 1270 g/mol. The fourth-order valence-corrected chi connectivity index (χ4v) is 12.0. The Morgan fingerprint density at radius 3 is 1.17 bits per heavy atom. The van der Waals surface area contributed by atoms with Crippen molar-refractivity contribution in [2.45, 2.75) is 354 Å². The maximum Gasteiger partial charge on any atom is 0.220 e. The van der Waals surface area contributed by atoms with E-state index >= 15 is 0 Å². The average Bonchev–Trinajstić information content (AvgIpc) is 0.947. The number of carbonyl (C=O) groups excluding carboxylic acids is 1. The average molecular weight is 1270 g/mol. The number of unbranched alkanes of at least 4 members (excludes halogenated alkanes) is 29. The molecule has 4 rings (SSSR count). The molecule has 4 heterocycles. The standard InChI is InChI=1S/C64H119NO23/c1-3-5-7-9-11-13-15-17-18-19-20-21-22-24-26-28-30-32-34-36-48(71)65-42(43(70)35-33-31-29-27-25-23-16-14-12-10-8-6-4-2)41-81-61-55(78)52(75)58(46(39-68)84-61)86-63-56(79)53(76)59(47(40-69)85-63)87-64-57(80)60(50(73)45(38-67)83-64)88-62-54(77)51(74)49(72)44(37-66)82-62/h33,35,42-47,49-64,66-70,72-80H,3-32,34,36-41H2,1-2H3,(H,65,71)/b35-33+/t42-,43+,44?,45?,46?,47?,49-,50-,51-,52+,53+,54?,55?,56?,57?,58+,59-,60-,61+,62-,63-,64-/m0/s1. The first-order valence-corrected chi connectivity index (χ1v) is 34.0. The molecule has 518 valence electrons. The number of hydrogen-bond donors (Lipinski definition) is 15. The predicted octanol–water partition coefficient (Wildman–Crippen LogP) is 3.20. The van der Waals surface area contributed by atoms with Crippen LogP contribution >= 0.6 is 0 Å². The molecule has 24 nitrogen and oxygen atoms in total. The summed E-state index contributed by atoms with van der Waals surface area (Å²) in [5.41, 5.74) is 0. The second-order valence-corrected chi connectivity index (χ2v) is 25.0. The Balaban J connectivity index is 1.28. The summed E-state index contributed by atoms with van der Waals surface area (Å²) in [5, 5.41) is 154. The first-order chi connectivity index (χ1) is 42.6. The van der Waals surface area contributed by atoms with E-state index in [1.165, 1.54) is 148 Å². The predicted molar refractivity (Wildman–Crippen MR) is 324 cm³/mol. The Kier molecular flexibility index (Phi) is 40.8. The van der Waals surface area contributed by atoms with Crippen molar-refractivity contribution in [1.29, 1.82) is 0 Å². The Labute approximate surface area is 523 Å². The van der Waals surface area contributed by atoms with Crippen molar-refractivity contribution < 1.29 is 114 Å². The third kappa shape index (κ3) is 27.0. The molecule has 0 aromatic heterocycles. The zero-order valence-electron chi connectivity index (χ0n) is 53.0. The second kappa shape index (κ2) is 45.6. The van der Waals surface area contributed by atoms with E-state index in [0.29, 0.717) is 6.42 Å². The van der Waals surface area contributed by atoms with E-state index in [9.17, 15) is 76.3 Å². The molecule has 1 amide bonds. The minimum Gasteiger partial charge on any atom is -0.394 e. The minimum atomic E-state index is -2.08. The van der Waals surface area contributed by atoms with Crippen LogP contribution in [-0.2, 0) is 42.7 Å². The van der Waals surface area contributed by atoms with E-state index in [0.717, 1.165) is 44.9 Å². The van der Waals surface area contributed by atoms with Crippen molar-refractivity contribution in [1.82, 2.24) is 5.32 Å². The lowest BCUT2D eigenvalue weighted by Crippen LogP contribution is -2.67. The SMILES string of the molecule is CCCCCCCCCCCCC/C=C/[C@@H](O)[C@H](CO[C@@H]1OC(CO)[C@@H](O[C@@H]2OC(CO)[C@H](O[C@@H]3OC(CO)[C@H](O)[C@H](O[C@@H]4OC(CO)[C@H](O)[C@H](O)C4O)C3O)[C@H](O)C2O)[C@H](O)C1O)NC(=O)CCCCCCCCCCCCCCCCCCCCC. The summed E-state index contributed by atoms with van der Waals surface area (Å²) in [6.45, 7) is 0.568. The fraction of sp³-hybridized carbons (Fsp3) is 0.953. The third-order valence-electron chi connectivity index (χ3n) is 17.7. The summed E-state index contributed by atoms with van der Waals surface area (Å²) in [6.07, 6.45) is 3.60. The molecule has 0 aromatic carbocycles. The van der Waals surface area contributed by atoms with Crippen molar-refractivity contribution in [3.63, 3.8) is 0 Å². The van der Waals surface area contributed by atoms with Gasteiger partial charge >= 0.3 is 0 Å². The van der Waals surface area contributed by atoms with Gasteiger partial charge in [0.2, 0.25) is 5.91 Å². The van der Waals surface area contributed by atoms with Gasteiger partial charge in [0.15, 0.2) is 25.2 Å². The van der Waals surface area contributed by atoms with E-state index in [2.05, 4.69) is 19.2 Å². The van der Waals surface area contributed by atoms with Gasteiger partial charge in [-0.2, -0.15) is 0 Å². The van der Waals surface area contributed by atoms with Gasteiger partial charge in [-0.3, -0.25) is 4.79 Å².